The molecule has 0 aliphatic carbocycles. The van der Waals surface area contributed by atoms with Crippen molar-refractivity contribution in [1.82, 2.24) is 9.62 Å². The van der Waals surface area contributed by atoms with E-state index in [1.54, 1.807) is 38.1 Å². The van der Waals surface area contributed by atoms with Crippen molar-refractivity contribution in [3.05, 3.63) is 63.2 Å². The molecule has 3 rings (SSSR count). The number of nitrogens with zero attached hydrogens (tertiary/aromatic N) is 1. The van der Waals surface area contributed by atoms with Gasteiger partial charge in [-0.1, -0.05) is 12.1 Å². The van der Waals surface area contributed by atoms with Gasteiger partial charge >= 0.3 is 5.97 Å². The highest BCUT2D eigenvalue weighted by Crippen LogP contribution is 2.29. The van der Waals surface area contributed by atoms with Crippen molar-refractivity contribution in [1.29, 1.82) is 0 Å². The van der Waals surface area contributed by atoms with Crippen molar-refractivity contribution in [3.8, 4) is 0 Å². The highest BCUT2D eigenvalue weighted by atomic mass is 32.2. The van der Waals surface area contributed by atoms with E-state index in [0.717, 1.165) is 21.6 Å². The Labute approximate surface area is 194 Å². The second-order valence-corrected chi connectivity index (χ2v) is 9.83. The Morgan fingerprint density at radius 3 is 1.88 bits per heavy atom. The van der Waals surface area contributed by atoms with Gasteiger partial charge in [0, 0.05) is 6.54 Å². The molecule has 1 aliphatic rings. The molecule has 8 nitrogen and oxygen atoms in total. The molecule has 1 heterocycles. The second kappa shape index (κ2) is 9.44. The standard InChI is InChI=1S/C24H28N2O6S/c1-14-15(2)17(4)22(18(5)16(14)3)33(30,31)25-11-10-21(27)32-13-12-26-23(28)19-8-6-7-9-20(19)24(26)29/h6-9,25H,10-13H2,1-5H3. The monoisotopic (exact) mass is 472 g/mol. The van der Waals surface area contributed by atoms with Gasteiger partial charge in [0.2, 0.25) is 10.0 Å². The average Bonchev–Trinajstić information content (AvgIpc) is 3.01. The predicted molar refractivity (Wildman–Crippen MR) is 123 cm³/mol. The van der Waals surface area contributed by atoms with Crippen LogP contribution in [0.3, 0.4) is 0 Å². The van der Waals surface area contributed by atoms with Gasteiger partial charge in [-0.3, -0.25) is 19.3 Å². The Bertz CT molecular complexity index is 1190. The first kappa shape index (κ1) is 24.6. The molecule has 2 aromatic rings. The van der Waals surface area contributed by atoms with E-state index in [4.69, 9.17) is 4.74 Å². The fraction of sp³-hybridized carbons (Fsp3) is 0.375. The molecule has 0 bridgehead atoms. The number of sulfonamides is 1. The summed E-state index contributed by atoms with van der Waals surface area (Å²) < 4.78 is 33.4. The Morgan fingerprint density at radius 2 is 1.36 bits per heavy atom. The summed E-state index contributed by atoms with van der Waals surface area (Å²) in [6.45, 7) is 8.94. The van der Waals surface area contributed by atoms with Crippen LogP contribution in [0.2, 0.25) is 0 Å². The zero-order chi connectivity index (χ0) is 24.5. The Balaban J connectivity index is 1.52. The number of amides is 2. The van der Waals surface area contributed by atoms with Crippen LogP contribution in [0.25, 0.3) is 0 Å². The molecule has 0 spiro atoms. The molecule has 1 aliphatic heterocycles. The first-order chi connectivity index (χ1) is 15.5. The van der Waals surface area contributed by atoms with E-state index >= 15 is 0 Å². The molecule has 2 amide bonds. The van der Waals surface area contributed by atoms with Crippen molar-refractivity contribution in [2.45, 2.75) is 45.9 Å². The van der Waals surface area contributed by atoms with Gasteiger partial charge in [-0.05, 0) is 74.6 Å². The van der Waals surface area contributed by atoms with Crippen LogP contribution in [0.1, 0.15) is 55.0 Å². The molecule has 0 saturated carbocycles. The van der Waals surface area contributed by atoms with Crippen molar-refractivity contribution in [2.24, 2.45) is 0 Å². The third kappa shape index (κ3) is 4.69. The number of nitrogens with one attached hydrogen (secondary N) is 1. The molecule has 0 fully saturated rings. The van der Waals surface area contributed by atoms with Crippen molar-refractivity contribution in [2.75, 3.05) is 19.7 Å². The number of hydrogen-bond donors (Lipinski definition) is 1. The number of hydrogen-bond acceptors (Lipinski definition) is 6. The minimum absolute atomic E-state index is 0.0654. The summed E-state index contributed by atoms with van der Waals surface area (Å²) in [6.07, 6.45) is -0.177. The lowest BCUT2D eigenvalue weighted by atomic mass is 9.95. The van der Waals surface area contributed by atoms with E-state index < -0.39 is 27.8 Å². The van der Waals surface area contributed by atoms with Gasteiger partial charge in [-0.25, -0.2) is 13.1 Å². The molecular weight excluding hydrogens is 444 g/mol. The maximum atomic E-state index is 12.9. The Hall–Kier alpha value is -3.04. The van der Waals surface area contributed by atoms with E-state index in [-0.39, 0.29) is 31.0 Å². The summed E-state index contributed by atoms with van der Waals surface area (Å²) in [6, 6.07) is 6.51. The van der Waals surface area contributed by atoms with Gasteiger partial charge in [0.15, 0.2) is 0 Å². The van der Waals surface area contributed by atoms with Gasteiger partial charge in [0.25, 0.3) is 11.8 Å². The smallest absolute Gasteiger partial charge is 0.307 e. The third-order valence-corrected chi connectivity index (χ3v) is 8.01. The molecule has 176 valence electrons. The molecule has 1 N–H and O–H groups in total. The normalized spacial score (nSPS) is 13.4. The van der Waals surface area contributed by atoms with E-state index in [1.165, 1.54) is 0 Å². The minimum atomic E-state index is -3.81. The van der Waals surface area contributed by atoms with E-state index in [9.17, 15) is 22.8 Å². The minimum Gasteiger partial charge on any atom is -0.464 e. The second-order valence-electron chi connectivity index (χ2n) is 8.13. The summed E-state index contributed by atoms with van der Waals surface area (Å²) in [5.74, 6) is -1.47. The van der Waals surface area contributed by atoms with E-state index in [0.29, 0.717) is 22.3 Å². The number of imide groups is 1. The number of ether oxygens (including phenoxy) is 1. The van der Waals surface area contributed by atoms with E-state index in [2.05, 4.69) is 4.72 Å². The molecule has 0 unspecified atom stereocenters. The van der Waals surface area contributed by atoms with Crippen LogP contribution in [-0.4, -0.2) is 50.8 Å². The third-order valence-electron chi connectivity index (χ3n) is 6.28. The summed E-state index contributed by atoms with van der Waals surface area (Å²) >= 11 is 0. The lowest BCUT2D eigenvalue weighted by Gasteiger charge is -2.19. The average molecular weight is 473 g/mol. The number of fused-ring (bicyclic) bond motifs is 1. The van der Waals surface area contributed by atoms with Crippen molar-refractivity contribution < 1.29 is 27.5 Å². The molecule has 0 saturated heterocycles. The maximum absolute atomic E-state index is 12.9. The summed E-state index contributed by atoms with van der Waals surface area (Å²) in [4.78, 5) is 38.0. The van der Waals surface area contributed by atoms with Crippen LogP contribution < -0.4 is 4.72 Å². The number of esters is 1. The first-order valence-corrected chi connectivity index (χ1v) is 12.1. The van der Waals surface area contributed by atoms with Crippen LogP contribution >= 0.6 is 0 Å². The summed E-state index contributed by atoms with van der Waals surface area (Å²) in [5.41, 5.74) is 4.94. The van der Waals surface area contributed by atoms with E-state index in [1.807, 2.05) is 20.8 Å². The first-order valence-electron chi connectivity index (χ1n) is 10.6. The molecule has 0 radical (unpaired) electrons. The predicted octanol–water partition coefficient (Wildman–Crippen LogP) is 2.74. The maximum Gasteiger partial charge on any atom is 0.307 e. The van der Waals surface area contributed by atoms with Crippen LogP contribution in [-0.2, 0) is 19.6 Å². The van der Waals surface area contributed by atoms with Gasteiger partial charge in [-0.2, -0.15) is 0 Å². The van der Waals surface area contributed by atoms with Gasteiger partial charge in [0.1, 0.15) is 6.61 Å². The molecule has 33 heavy (non-hydrogen) atoms. The zero-order valence-electron chi connectivity index (χ0n) is 19.4. The number of benzene rings is 2. The molecule has 2 aromatic carbocycles. The number of carbonyl (C=O) groups is 3. The van der Waals surface area contributed by atoms with Gasteiger partial charge < -0.3 is 4.74 Å². The molecule has 0 atom stereocenters. The van der Waals surface area contributed by atoms with Gasteiger partial charge in [0.05, 0.1) is 29.0 Å². The lowest BCUT2D eigenvalue weighted by molar-refractivity contribution is -0.143. The largest absolute Gasteiger partial charge is 0.464 e. The van der Waals surface area contributed by atoms with Crippen LogP contribution in [0, 0.1) is 34.6 Å². The lowest BCUT2D eigenvalue weighted by Crippen LogP contribution is -2.34. The highest BCUT2D eigenvalue weighted by molar-refractivity contribution is 7.89. The number of carbonyl (C=O) groups excluding carboxylic acids is 3. The van der Waals surface area contributed by atoms with Crippen molar-refractivity contribution >= 4 is 27.8 Å². The zero-order valence-corrected chi connectivity index (χ0v) is 20.3. The molecule has 9 heteroatoms. The van der Waals surface area contributed by atoms with Crippen LogP contribution in [0.5, 0.6) is 0 Å². The fourth-order valence-corrected chi connectivity index (χ4v) is 5.62. The van der Waals surface area contributed by atoms with Gasteiger partial charge in [-0.15, -0.1) is 0 Å². The van der Waals surface area contributed by atoms with Crippen LogP contribution in [0.15, 0.2) is 29.2 Å². The quantitative estimate of drug-likeness (QED) is 0.467. The highest BCUT2D eigenvalue weighted by Gasteiger charge is 2.34. The van der Waals surface area contributed by atoms with Crippen molar-refractivity contribution in [3.63, 3.8) is 0 Å². The SMILES string of the molecule is Cc1c(C)c(C)c(S(=O)(=O)NCCC(=O)OCCN2C(=O)c3ccccc3C2=O)c(C)c1C. The Kier molecular flexibility index (Phi) is 7.04. The fourth-order valence-electron chi connectivity index (χ4n) is 3.99. The summed E-state index contributed by atoms with van der Waals surface area (Å²) in [5, 5.41) is 0. The Morgan fingerprint density at radius 1 is 0.879 bits per heavy atom. The molecule has 0 aromatic heterocycles. The number of rotatable bonds is 8. The van der Waals surface area contributed by atoms with Crippen LogP contribution in [0.4, 0.5) is 0 Å². The topological polar surface area (TPSA) is 110 Å². The molecular formula is C24H28N2O6S. The summed E-state index contributed by atoms with van der Waals surface area (Å²) in [7, 11) is -3.81.